The Balaban J connectivity index is 1.41. The molecule has 248 valence electrons. The minimum absolute atomic E-state index is 0.0901. The molecule has 0 amide bonds. The lowest BCUT2D eigenvalue weighted by Gasteiger charge is -2.26. The number of benzene rings is 4. The molecule has 0 bridgehead atoms. The number of esters is 1. The highest BCUT2D eigenvalue weighted by Gasteiger charge is 2.34. The molecule has 5 rings (SSSR count). The van der Waals surface area contributed by atoms with Crippen molar-refractivity contribution in [3.8, 4) is 11.5 Å². The van der Waals surface area contributed by atoms with E-state index in [1.54, 1.807) is 36.4 Å². The number of hydrogen-bond donors (Lipinski definition) is 0. The number of ether oxygens (including phenoxy) is 3. The number of carbonyl (C=O) groups is 1. The molecule has 1 unspecified atom stereocenters. The van der Waals surface area contributed by atoms with Gasteiger partial charge in [0.15, 0.2) is 0 Å². The predicted octanol–water partition coefficient (Wildman–Crippen LogP) is 4.94. The van der Waals surface area contributed by atoms with E-state index in [2.05, 4.69) is 6.58 Å². The van der Waals surface area contributed by atoms with Gasteiger partial charge in [0.25, 0.3) is 5.56 Å². The van der Waals surface area contributed by atoms with Crippen molar-refractivity contribution < 1.29 is 27.4 Å². The highest BCUT2D eigenvalue weighted by Crippen LogP contribution is 2.25. The first-order valence-electron chi connectivity index (χ1n) is 15.1. The number of sulfonamides is 1. The normalized spacial score (nSPS) is 12.1. The molecule has 12 heteroatoms. The molecule has 48 heavy (non-hydrogen) atoms. The Bertz CT molecular complexity index is 2100. The lowest BCUT2D eigenvalue weighted by molar-refractivity contribution is -0.147. The van der Waals surface area contributed by atoms with Crippen LogP contribution in [-0.4, -0.2) is 47.5 Å². The molecule has 0 radical (unpaired) electrons. The van der Waals surface area contributed by atoms with Crippen molar-refractivity contribution in [2.24, 2.45) is 0 Å². The van der Waals surface area contributed by atoms with Crippen molar-refractivity contribution in [3.05, 3.63) is 148 Å². The first-order valence-corrected chi connectivity index (χ1v) is 16.6. The summed E-state index contributed by atoms with van der Waals surface area (Å²) in [4.78, 5) is 40.4. The van der Waals surface area contributed by atoms with E-state index in [0.717, 1.165) is 14.4 Å². The van der Waals surface area contributed by atoms with Gasteiger partial charge in [0.2, 0.25) is 10.0 Å². The molecular formula is C36H35N3O8S. The van der Waals surface area contributed by atoms with Crippen molar-refractivity contribution in [2.75, 3.05) is 13.7 Å². The van der Waals surface area contributed by atoms with E-state index in [-0.39, 0.29) is 43.2 Å². The third-order valence-electron chi connectivity index (χ3n) is 7.62. The molecule has 11 nitrogen and oxygen atoms in total. The van der Waals surface area contributed by atoms with E-state index in [0.29, 0.717) is 17.0 Å². The Hall–Kier alpha value is -5.30. The van der Waals surface area contributed by atoms with Crippen molar-refractivity contribution in [2.45, 2.75) is 37.2 Å². The van der Waals surface area contributed by atoms with Crippen LogP contribution in [0.1, 0.15) is 12.0 Å². The molecule has 1 aromatic heterocycles. The van der Waals surface area contributed by atoms with Crippen LogP contribution in [0.2, 0.25) is 0 Å². The maximum absolute atomic E-state index is 13.7. The third-order valence-corrected chi connectivity index (χ3v) is 9.50. The molecule has 0 aliphatic rings. The van der Waals surface area contributed by atoms with Gasteiger partial charge < -0.3 is 14.2 Å². The Morgan fingerprint density at radius 1 is 0.854 bits per heavy atom. The zero-order valence-electron chi connectivity index (χ0n) is 26.3. The van der Waals surface area contributed by atoms with Crippen molar-refractivity contribution in [3.63, 3.8) is 0 Å². The molecule has 0 spiro atoms. The summed E-state index contributed by atoms with van der Waals surface area (Å²) >= 11 is 0. The van der Waals surface area contributed by atoms with Crippen LogP contribution in [0.5, 0.6) is 11.5 Å². The molecule has 0 aliphatic heterocycles. The summed E-state index contributed by atoms with van der Waals surface area (Å²) in [5.41, 5.74) is 0.0573. The Morgan fingerprint density at radius 2 is 1.48 bits per heavy atom. The van der Waals surface area contributed by atoms with Gasteiger partial charge in [0.05, 0.1) is 22.4 Å². The van der Waals surface area contributed by atoms with Crippen LogP contribution < -0.4 is 16.0 Å². The minimum atomic E-state index is -4.24. The Morgan fingerprint density at radius 3 is 2.17 bits per heavy atom. The predicted molar refractivity (Wildman–Crippen MR) is 181 cm³/mol. The smallest absolute Gasteiger partial charge is 0.333 e. The topological polar surface area (TPSA) is 126 Å². The second-order valence-electron chi connectivity index (χ2n) is 10.8. The summed E-state index contributed by atoms with van der Waals surface area (Å²) in [5, 5.41) is 0.269. The van der Waals surface area contributed by atoms with Gasteiger partial charge in [-0.05, 0) is 60.5 Å². The standard InChI is InChI=1S/C36H35N3O8S/c1-3-24-46-35(41)33(37(2)48(43,44)30-20-18-29(19-21-30)47-28-14-8-5-9-15-28)22-23-38-34(40)31-16-10-11-17-32(31)39(36(38)42)26-45-25-27-12-6-4-7-13-27/h3-21,33H,1,22-26H2,2H3. The zero-order valence-corrected chi connectivity index (χ0v) is 27.1. The number of hydrogen-bond acceptors (Lipinski definition) is 8. The fourth-order valence-electron chi connectivity index (χ4n) is 5.10. The van der Waals surface area contributed by atoms with Crippen LogP contribution in [0.3, 0.4) is 0 Å². The number of rotatable bonds is 15. The van der Waals surface area contributed by atoms with Gasteiger partial charge in [-0.25, -0.2) is 13.2 Å². The van der Waals surface area contributed by atoms with E-state index in [4.69, 9.17) is 14.2 Å². The second kappa shape index (κ2) is 15.5. The second-order valence-corrected chi connectivity index (χ2v) is 12.8. The summed E-state index contributed by atoms with van der Waals surface area (Å²) in [7, 11) is -2.99. The Labute approximate surface area is 277 Å². The van der Waals surface area contributed by atoms with Gasteiger partial charge in [-0.1, -0.05) is 73.3 Å². The van der Waals surface area contributed by atoms with Gasteiger partial charge in [-0.3, -0.25) is 18.7 Å². The number of fused-ring (bicyclic) bond motifs is 1. The molecule has 0 saturated carbocycles. The van der Waals surface area contributed by atoms with Crippen LogP contribution in [0.15, 0.2) is 136 Å². The van der Waals surface area contributed by atoms with Gasteiger partial charge in [-0.2, -0.15) is 4.31 Å². The summed E-state index contributed by atoms with van der Waals surface area (Å²) in [6, 6.07) is 29.5. The van der Waals surface area contributed by atoms with Crippen molar-refractivity contribution in [1.82, 2.24) is 13.4 Å². The number of aromatic nitrogens is 2. The Kier molecular flexibility index (Phi) is 11.0. The highest BCUT2D eigenvalue weighted by molar-refractivity contribution is 7.89. The molecule has 0 saturated heterocycles. The summed E-state index contributed by atoms with van der Waals surface area (Å²) in [6.45, 7) is 3.21. The van der Waals surface area contributed by atoms with Crippen LogP contribution >= 0.6 is 0 Å². The fraction of sp³-hybridized carbons (Fsp3) is 0.194. The van der Waals surface area contributed by atoms with E-state index < -0.39 is 33.3 Å². The van der Waals surface area contributed by atoms with Crippen LogP contribution in [0.4, 0.5) is 0 Å². The summed E-state index contributed by atoms with van der Waals surface area (Å²) in [5.74, 6) is 0.149. The number of para-hydroxylation sites is 2. The van der Waals surface area contributed by atoms with E-state index >= 15 is 0 Å². The average Bonchev–Trinajstić information content (AvgIpc) is 3.11. The SMILES string of the molecule is C=CCOC(=O)C(CCn1c(=O)c2ccccc2n(COCc2ccccc2)c1=O)N(C)S(=O)(=O)c1ccc(Oc2ccccc2)cc1. The van der Waals surface area contributed by atoms with Gasteiger partial charge in [-0.15, -0.1) is 0 Å². The third kappa shape index (κ3) is 7.80. The largest absolute Gasteiger partial charge is 0.460 e. The molecule has 0 fully saturated rings. The quantitative estimate of drug-likeness (QED) is 0.113. The molecular weight excluding hydrogens is 634 g/mol. The van der Waals surface area contributed by atoms with Gasteiger partial charge in [0.1, 0.15) is 30.9 Å². The molecule has 1 atom stereocenters. The number of nitrogens with zero attached hydrogens (tertiary/aromatic N) is 3. The minimum Gasteiger partial charge on any atom is -0.460 e. The molecule has 4 aromatic carbocycles. The summed E-state index contributed by atoms with van der Waals surface area (Å²) in [6.07, 6.45) is 1.12. The van der Waals surface area contributed by atoms with Crippen LogP contribution in [0, 0.1) is 0 Å². The zero-order chi connectivity index (χ0) is 34.1. The van der Waals surface area contributed by atoms with Crippen molar-refractivity contribution >= 4 is 26.9 Å². The monoisotopic (exact) mass is 669 g/mol. The van der Waals surface area contributed by atoms with Gasteiger partial charge in [0, 0.05) is 13.6 Å². The van der Waals surface area contributed by atoms with E-state index in [1.165, 1.54) is 42.0 Å². The first kappa shape index (κ1) is 34.0. The van der Waals surface area contributed by atoms with E-state index in [9.17, 15) is 22.8 Å². The molecule has 1 heterocycles. The number of likely N-dealkylation sites (N-methyl/N-ethyl adjacent to an activating group) is 1. The maximum Gasteiger partial charge on any atom is 0.333 e. The first-order chi connectivity index (χ1) is 23.2. The molecule has 0 aliphatic carbocycles. The lowest BCUT2D eigenvalue weighted by atomic mass is 10.2. The number of carbonyl (C=O) groups excluding carboxylic acids is 1. The highest BCUT2D eigenvalue weighted by atomic mass is 32.2. The maximum atomic E-state index is 13.7. The van der Waals surface area contributed by atoms with E-state index in [1.807, 2.05) is 48.5 Å². The van der Waals surface area contributed by atoms with Gasteiger partial charge >= 0.3 is 11.7 Å². The van der Waals surface area contributed by atoms with Crippen LogP contribution in [0.25, 0.3) is 10.9 Å². The molecule has 5 aromatic rings. The fourth-order valence-corrected chi connectivity index (χ4v) is 6.44. The lowest BCUT2D eigenvalue weighted by Crippen LogP contribution is -2.46. The van der Waals surface area contributed by atoms with Crippen LogP contribution in [-0.2, 0) is 44.2 Å². The average molecular weight is 670 g/mol. The summed E-state index contributed by atoms with van der Waals surface area (Å²) < 4.78 is 47.5. The van der Waals surface area contributed by atoms with Crippen molar-refractivity contribution in [1.29, 1.82) is 0 Å². The molecule has 0 N–H and O–H groups in total.